The molecule has 0 aliphatic carbocycles. The van der Waals surface area contributed by atoms with Gasteiger partial charge < -0.3 is 20.1 Å². The molecule has 1 saturated heterocycles. The molecule has 3 N–H and O–H groups in total. The van der Waals surface area contributed by atoms with Gasteiger partial charge in [0.15, 0.2) is 0 Å². The summed E-state index contributed by atoms with van der Waals surface area (Å²) in [5, 5.41) is 5.98. The first-order valence-corrected chi connectivity index (χ1v) is 14.6. The fourth-order valence-electron chi connectivity index (χ4n) is 4.62. The highest BCUT2D eigenvalue weighted by Gasteiger charge is 2.34. The number of carbonyl (C=O) groups is 1. The number of halogens is 3. The molecule has 216 valence electrons. The third-order valence-corrected chi connectivity index (χ3v) is 7.48. The molecule has 1 aliphatic rings. The van der Waals surface area contributed by atoms with Crippen LogP contribution in [-0.4, -0.2) is 49.9 Å². The number of aromatic nitrogens is 2. The molecule has 1 aromatic carbocycles. The normalized spacial score (nSPS) is 14.9. The van der Waals surface area contributed by atoms with Crippen molar-refractivity contribution >= 4 is 38.5 Å². The maximum absolute atomic E-state index is 13.4. The lowest BCUT2D eigenvalue weighted by Crippen LogP contribution is -2.36. The van der Waals surface area contributed by atoms with E-state index in [0.29, 0.717) is 41.2 Å². The monoisotopic (exact) mass is 580 g/mol. The van der Waals surface area contributed by atoms with Crippen LogP contribution in [0, 0.1) is 5.92 Å². The number of amides is 2. The fourth-order valence-corrected chi connectivity index (χ4v) is 5.08. The molecule has 1 fully saturated rings. The molecule has 0 radical (unpaired) electrons. The van der Waals surface area contributed by atoms with Crippen molar-refractivity contribution in [2.45, 2.75) is 39.0 Å². The van der Waals surface area contributed by atoms with E-state index in [9.17, 15) is 31.2 Å². The van der Waals surface area contributed by atoms with E-state index in [1.807, 2.05) is 4.90 Å². The highest BCUT2D eigenvalue weighted by molar-refractivity contribution is 7.88. The van der Waals surface area contributed by atoms with Crippen molar-refractivity contribution in [2.75, 3.05) is 36.1 Å². The largest absolute Gasteiger partial charge is 0.433 e. The topological polar surface area (TPSA) is 125 Å². The van der Waals surface area contributed by atoms with Gasteiger partial charge in [0.2, 0.25) is 10.0 Å². The van der Waals surface area contributed by atoms with Crippen LogP contribution in [0.4, 0.5) is 29.5 Å². The van der Waals surface area contributed by atoms with Gasteiger partial charge in [0.1, 0.15) is 11.5 Å². The van der Waals surface area contributed by atoms with Crippen LogP contribution in [0.5, 0.6) is 0 Å². The molecule has 3 heterocycles. The van der Waals surface area contributed by atoms with E-state index in [1.165, 1.54) is 16.7 Å². The molecule has 4 rings (SSSR count). The summed E-state index contributed by atoms with van der Waals surface area (Å²) in [5.74, 6) is 0.682. The minimum absolute atomic E-state index is 0.00935. The number of urea groups is 1. The molecular formula is C26H31F3N6O4S. The van der Waals surface area contributed by atoms with Gasteiger partial charge in [-0.1, -0.05) is 19.1 Å². The average molecular weight is 581 g/mol. The average Bonchev–Trinajstić information content (AvgIpc) is 2.88. The lowest BCUT2D eigenvalue weighted by Gasteiger charge is -2.33. The molecule has 0 unspecified atom stereocenters. The Morgan fingerprint density at radius 1 is 1.10 bits per heavy atom. The van der Waals surface area contributed by atoms with Crippen LogP contribution in [-0.2, 0) is 29.3 Å². The standard InChI is InChI=1S/C26H31F3N6O4S/c1-17-10-13-34(14-11-17)24-18(6-8-22(33-24)26(27,28)29)16-30-25(37)32-20-4-3-5-21-19(20)7-9-23(36)35(21)15-12-31-40(2,38)39/h3-9,17,31H,10-16H2,1-2H3,(H2,30,32,37). The first kappa shape index (κ1) is 29.3. The Hall–Kier alpha value is -3.65. The first-order chi connectivity index (χ1) is 18.8. The lowest BCUT2D eigenvalue weighted by atomic mass is 9.99. The van der Waals surface area contributed by atoms with Crippen molar-refractivity contribution < 1.29 is 26.4 Å². The Balaban J connectivity index is 1.51. The molecule has 0 bridgehead atoms. The molecular weight excluding hydrogens is 549 g/mol. The second-order valence-electron chi connectivity index (χ2n) is 9.88. The molecule has 2 amide bonds. The van der Waals surface area contributed by atoms with Gasteiger partial charge >= 0.3 is 12.2 Å². The maximum atomic E-state index is 13.4. The maximum Gasteiger partial charge on any atom is 0.433 e. The number of anilines is 2. The van der Waals surface area contributed by atoms with Gasteiger partial charge in [-0.25, -0.2) is 22.9 Å². The number of nitrogens with one attached hydrogen (secondary N) is 3. The number of hydrogen-bond acceptors (Lipinski definition) is 6. The first-order valence-electron chi connectivity index (χ1n) is 12.8. The third kappa shape index (κ3) is 7.30. The van der Waals surface area contributed by atoms with Crippen LogP contribution in [0.1, 0.15) is 31.0 Å². The summed E-state index contributed by atoms with van der Waals surface area (Å²) in [6.07, 6.45) is -1.89. The molecule has 10 nitrogen and oxygen atoms in total. The Kier molecular flexibility index (Phi) is 8.68. The summed E-state index contributed by atoms with van der Waals surface area (Å²) in [6.45, 7) is 3.29. The Labute approximate surface area is 229 Å². The SMILES string of the molecule is CC1CCN(c2nc(C(F)(F)F)ccc2CNC(=O)Nc2cccc3c2ccc(=O)n3CCNS(C)(=O)=O)CC1. The number of piperidine rings is 1. The summed E-state index contributed by atoms with van der Waals surface area (Å²) in [5.41, 5.74) is 0.0364. The molecule has 40 heavy (non-hydrogen) atoms. The number of rotatable bonds is 8. The number of hydrogen-bond donors (Lipinski definition) is 3. The molecule has 3 aromatic rings. The summed E-state index contributed by atoms with van der Waals surface area (Å²) in [6, 6.07) is 9.51. The van der Waals surface area contributed by atoms with E-state index in [1.54, 1.807) is 24.3 Å². The second-order valence-corrected chi connectivity index (χ2v) is 11.7. The van der Waals surface area contributed by atoms with E-state index in [0.717, 1.165) is 25.2 Å². The Morgan fingerprint density at radius 3 is 2.50 bits per heavy atom. The van der Waals surface area contributed by atoms with Gasteiger partial charge in [-0.3, -0.25) is 4.79 Å². The fraction of sp³-hybridized carbons (Fsp3) is 0.423. The van der Waals surface area contributed by atoms with Crippen molar-refractivity contribution in [3.63, 3.8) is 0 Å². The van der Waals surface area contributed by atoms with E-state index in [-0.39, 0.29) is 31.0 Å². The zero-order chi connectivity index (χ0) is 29.1. The zero-order valence-corrected chi connectivity index (χ0v) is 22.9. The Bertz CT molecular complexity index is 1550. The van der Waals surface area contributed by atoms with E-state index in [2.05, 4.69) is 27.3 Å². The van der Waals surface area contributed by atoms with Crippen LogP contribution >= 0.6 is 0 Å². The van der Waals surface area contributed by atoms with Gasteiger partial charge in [-0.15, -0.1) is 0 Å². The minimum atomic E-state index is -4.59. The van der Waals surface area contributed by atoms with Gasteiger partial charge in [0.25, 0.3) is 5.56 Å². The lowest BCUT2D eigenvalue weighted by molar-refractivity contribution is -0.141. The van der Waals surface area contributed by atoms with E-state index < -0.39 is 27.9 Å². The molecule has 2 aromatic heterocycles. The highest BCUT2D eigenvalue weighted by atomic mass is 32.2. The third-order valence-electron chi connectivity index (χ3n) is 6.75. The van der Waals surface area contributed by atoms with E-state index >= 15 is 0 Å². The molecule has 0 atom stereocenters. The Morgan fingerprint density at radius 2 is 1.82 bits per heavy atom. The zero-order valence-electron chi connectivity index (χ0n) is 22.1. The molecule has 0 spiro atoms. The number of carbonyl (C=O) groups excluding carboxylic acids is 1. The van der Waals surface area contributed by atoms with Gasteiger partial charge in [-0.2, -0.15) is 13.2 Å². The smallest absolute Gasteiger partial charge is 0.356 e. The summed E-state index contributed by atoms with van der Waals surface area (Å²) < 4.78 is 66.6. The van der Waals surface area contributed by atoms with Gasteiger partial charge in [-0.05, 0) is 43.0 Å². The second kappa shape index (κ2) is 11.8. The number of nitrogens with zero attached hydrogens (tertiary/aromatic N) is 3. The molecule has 0 saturated carbocycles. The number of alkyl halides is 3. The van der Waals surface area contributed by atoms with Crippen molar-refractivity contribution in [2.24, 2.45) is 5.92 Å². The van der Waals surface area contributed by atoms with Crippen molar-refractivity contribution in [3.8, 4) is 0 Å². The predicted molar refractivity (Wildman–Crippen MR) is 147 cm³/mol. The predicted octanol–water partition coefficient (Wildman–Crippen LogP) is 3.52. The summed E-state index contributed by atoms with van der Waals surface area (Å²) >= 11 is 0. The summed E-state index contributed by atoms with van der Waals surface area (Å²) in [7, 11) is -3.43. The van der Waals surface area contributed by atoms with Crippen LogP contribution < -0.4 is 25.8 Å². The van der Waals surface area contributed by atoms with Crippen molar-refractivity contribution in [1.29, 1.82) is 0 Å². The number of benzene rings is 1. The van der Waals surface area contributed by atoms with Crippen molar-refractivity contribution in [1.82, 2.24) is 19.6 Å². The van der Waals surface area contributed by atoms with Crippen LogP contribution in [0.3, 0.4) is 0 Å². The van der Waals surface area contributed by atoms with Crippen molar-refractivity contribution in [3.05, 3.63) is 64.1 Å². The highest BCUT2D eigenvalue weighted by Crippen LogP contribution is 2.32. The van der Waals surface area contributed by atoms with Crippen LogP contribution in [0.25, 0.3) is 10.9 Å². The molecule has 1 aliphatic heterocycles. The van der Waals surface area contributed by atoms with Gasteiger partial charge in [0, 0.05) is 49.7 Å². The number of fused-ring (bicyclic) bond motifs is 1. The van der Waals surface area contributed by atoms with Crippen LogP contribution in [0.2, 0.25) is 0 Å². The summed E-state index contributed by atoms with van der Waals surface area (Å²) in [4.78, 5) is 31.0. The number of sulfonamides is 1. The van der Waals surface area contributed by atoms with Gasteiger partial charge in [0.05, 0.1) is 17.5 Å². The minimum Gasteiger partial charge on any atom is -0.356 e. The molecule has 14 heteroatoms. The quantitative estimate of drug-likeness (QED) is 0.375. The van der Waals surface area contributed by atoms with Crippen LogP contribution in [0.15, 0.2) is 47.3 Å². The van der Waals surface area contributed by atoms with E-state index in [4.69, 9.17) is 0 Å². The number of pyridine rings is 2.